The minimum Gasteiger partial charge on any atom is -0.508 e. The van der Waals surface area contributed by atoms with Crippen LogP contribution in [-0.2, 0) is 50.3 Å². The SMILES string of the molecule is COc1cc2c(cc1O)C1CC(O)C3Cc4cc(O)c5cc4C4CC(CC(OC(C)=O)C(C2)C1(C1=Cc2ccccc2CC1)C43)OC(=O)C12CC(C#CC3(CCCC3)CNCc3cccc(c3)-c3cc(O)cc4ccc1cc34)CC(CSSCCO5)C2. The number of methoxy groups -OCH3 is 1. The van der Waals surface area contributed by atoms with E-state index in [2.05, 4.69) is 90.0 Å². The number of benzene rings is 6. The Balaban J connectivity index is 0.952. The highest BCUT2D eigenvalue weighted by Gasteiger charge is 2.68. The molecule has 7 aliphatic carbocycles. The monoisotopic (exact) mass is 1200 g/mol. The first-order valence-corrected chi connectivity index (χ1v) is 34.3. The number of aryl methyl sites for hydroxylation is 1. The van der Waals surface area contributed by atoms with Crippen molar-refractivity contribution in [3.63, 3.8) is 0 Å². The molecular formula is C74H77NO10S2. The van der Waals surface area contributed by atoms with Crippen molar-refractivity contribution < 1.29 is 49.0 Å². The van der Waals surface area contributed by atoms with Crippen LogP contribution in [0, 0.1) is 52.3 Å². The Morgan fingerprint density at radius 1 is 0.828 bits per heavy atom. The summed E-state index contributed by atoms with van der Waals surface area (Å²) in [5.41, 5.74) is 9.30. The van der Waals surface area contributed by atoms with Crippen molar-refractivity contribution >= 4 is 50.4 Å². The summed E-state index contributed by atoms with van der Waals surface area (Å²) in [6.45, 7) is 3.31. The second-order valence-electron chi connectivity index (χ2n) is 27.1. The molecule has 4 saturated carbocycles. The lowest BCUT2D eigenvalue weighted by molar-refractivity contribution is -0.181. The largest absolute Gasteiger partial charge is 0.508 e. The molecule has 0 aromatic heterocycles. The molecule has 0 saturated heterocycles. The zero-order valence-electron chi connectivity index (χ0n) is 49.7. The lowest BCUT2D eigenvalue weighted by Gasteiger charge is -2.66. The number of ether oxygens (including phenoxy) is 4. The Bertz CT molecular complexity index is 3840. The molecule has 5 N–H and O–H groups in total. The van der Waals surface area contributed by atoms with Gasteiger partial charge in [0.15, 0.2) is 23.0 Å². The highest BCUT2D eigenvalue weighted by Crippen LogP contribution is 2.72. The number of aliphatic hydroxyl groups excluding tert-OH is 1. The maximum atomic E-state index is 17.0. The molecule has 12 atom stereocenters. The van der Waals surface area contributed by atoms with Gasteiger partial charge in [-0.15, -0.1) is 0 Å². The summed E-state index contributed by atoms with van der Waals surface area (Å²) >= 11 is 0. The second kappa shape index (κ2) is 22.5. The number of phenols is 3. The topological polar surface area (TPSA) is 164 Å². The van der Waals surface area contributed by atoms with Gasteiger partial charge < -0.3 is 44.7 Å². The predicted octanol–water partition coefficient (Wildman–Crippen LogP) is 13.7. The molecule has 11 bridgehead atoms. The maximum Gasteiger partial charge on any atom is 0.316 e. The first-order valence-electron chi connectivity index (χ1n) is 31.9. The van der Waals surface area contributed by atoms with E-state index in [-0.39, 0.29) is 76.5 Å². The third-order valence-electron chi connectivity index (χ3n) is 22.3. The molecule has 13 heteroatoms. The molecule has 15 rings (SSSR count). The first kappa shape index (κ1) is 56.9. The minimum atomic E-state index is -1.17. The van der Waals surface area contributed by atoms with Gasteiger partial charge >= 0.3 is 11.9 Å². The van der Waals surface area contributed by atoms with Crippen LogP contribution in [0.1, 0.15) is 134 Å². The number of fused-ring (bicyclic) bond motifs is 11. The summed E-state index contributed by atoms with van der Waals surface area (Å²) in [4.78, 5) is 31.1. The highest BCUT2D eigenvalue weighted by molar-refractivity contribution is 8.76. The third-order valence-corrected chi connectivity index (χ3v) is 24.8. The number of hydrogen-bond acceptors (Lipinski definition) is 13. The summed E-state index contributed by atoms with van der Waals surface area (Å²) in [6, 6.07) is 34.9. The van der Waals surface area contributed by atoms with Crippen LogP contribution in [0.3, 0.4) is 0 Å². The molecule has 450 valence electrons. The van der Waals surface area contributed by atoms with E-state index in [9.17, 15) is 25.2 Å². The number of phenolic OH excluding ortho intramolecular Hbond substituents is 3. The zero-order chi connectivity index (χ0) is 59.3. The van der Waals surface area contributed by atoms with E-state index in [0.29, 0.717) is 68.9 Å². The number of carbonyl (C=O) groups is 2. The molecule has 87 heavy (non-hydrogen) atoms. The quantitative estimate of drug-likeness (QED) is 0.0647. The van der Waals surface area contributed by atoms with Gasteiger partial charge in [0, 0.05) is 60.6 Å². The molecule has 12 unspecified atom stereocenters. The number of esters is 2. The Morgan fingerprint density at radius 2 is 1.69 bits per heavy atom. The van der Waals surface area contributed by atoms with E-state index in [4.69, 9.17) is 18.9 Å². The molecule has 2 aliphatic heterocycles. The number of carbonyl (C=O) groups excluding carboxylic acids is 2. The van der Waals surface area contributed by atoms with Gasteiger partial charge in [0.1, 0.15) is 18.0 Å². The van der Waals surface area contributed by atoms with Gasteiger partial charge in [-0.1, -0.05) is 113 Å². The predicted molar refractivity (Wildman–Crippen MR) is 341 cm³/mol. The van der Waals surface area contributed by atoms with E-state index >= 15 is 4.79 Å². The lowest BCUT2D eigenvalue weighted by Crippen LogP contribution is -2.64. The smallest absolute Gasteiger partial charge is 0.316 e. The number of aromatic hydroxyl groups is 3. The van der Waals surface area contributed by atoms with E-state index in [1.165, 1.54) is 18.1 Å². The molecule has 11 nitrogen and oxygen atoms in total. The number of rotatable bonds is 3. The Labute approximate surface area is 517 Å². The van der Waals surface area contributed by atoms with E-state index in [0.717, 1.165) is 118 Å². The summed E-state index contributed by atoms with van der Waals surface area (Å²) in [5.74, 6) is 7.90. The Kier molecular flexibility index (Phi) is 14.7. The van der Waals surface area contributed by atoms with Gasteiger partial charge in [0.25, 0.3) is 0 Å². The van der Waals surface area contributed by atoms with Gasteiger partial charge in [0.05, 0.1) is 25.2 Å². The van der Waals surface area contributed by atoms with Crippen LogP contribution in [0.15, 0.2) is 109 Å². The van der Waals surface area contributed by atoms with Crippen LogP contribution in [0.5, 0.6) is 28.7 Å². The maximum absolute atomic E-state index is 17.0. The summed E-state index contributed by atoms with van der Waals surface area (Å²) < 4.78 is 26.9. The number of hydrogen-bond donors (Lipinski definition) is 5. The number of aliphatic hydroxyl groups is 1. The minimum absolute atomic E-state index is 0.0356. The first-order chi connectivity index (χ1) is 42.3. The molecule has 6 aromatic carbocycles. The fourth-order valence-corrected chi connectivity index (χ4v) is 21.1. The molecule has 2 heterocycles. The highest BCUT2D eigenvalue weighted by atomic mass is 33.1. The summed E-state index contributed by atoms with van der Waals surface area (Å²) in [6.07, 6.45) is 9.62. The summed E-state index contributed by atoms with van der Waals surface area (Å²) in [7, 11) is 5.11. The molecule has 2 spiro atoms. The van der Waals surface area contributed by atoms with Gasteiger partial charge in [-0.25, -0.2) is 0 Å². The Hall–Kier alpha value is -6.56. The van der Waals surface area contributed by atoms with Crippen LogP contribution in [0.4, 0.5) is 0 Å². The van der Waals surface area contributed by atoms with Crippen molar-refractivity contribution in [3.8, 4) is 51.7 Å². The number of allylic oxidation sites excluding steroid dienone is 1. The van der Waals surface area contributed by atoms with Crippen molar-refractivity contribution in [1.29, 1.82) is 0 Å². The molecule has 0 amide bonds. The van der Waals surface area contributed by atoms with E-state index in [1.54, 1.807) is 28.7 Å². The zero-order valence-corrected chi connectivity index (χ0v) is 51.3. The lowest BCUT2D eigenvalue weighted by atomic mass is 9.38. The van der Waals surface area contributed by atoms with Crippen LogP contribution in [0.2, 0.25) is 0 Å². The molecule has 0 radical (unpaired) electrons. The average molecular weight is 1200 g/mol. The molecule has 6 aromatic rings. The average Bonchev–Trinajstić information content (AvgIpc) is 0.858. The number of nitrogens with one attached hydrogen (secondary N) is 1. The van der Waals surface area contributed by atoms with Crippen molar-refractivity contribution in [2.75, 3.05) is 31.8 Å². The van der Waals surface area contributed by atoms with Crippen LogP contribution in [0.25, 0.3) is 28.0 Å². The van der Waals surface area contributed by atoms with Crippen molar-refractivity contribution in [3.05, 3.63) is 153 Å². The fraction of sp³-hybridized carbons (Fsp3) is 0.459. The van der Waals surface area contributed by atoms with Crippen LogP contribution in [-0.4, -0.2) is 82.4 Å². The van der Waals surface area contributed by atoms with Gasteiger partial charge in [-0.05, 0) is 215 Å². The van der Waals surface area contributed by atoms with Crippen LogP contribution < -0.4 is 14.8 Å². The third kappa shape index (κ3) is 9.89. The van der Waals surface area contributed by atoms with Gasteiger partial charge in [-0.2, -0.15) is 0 Å². The Morgan fingerprint density at radius 3 is 2.55 bits per heavy atom. The van der Waals surface area contributed by atoms with Crippen molar-refractivity contribution in [1.82, 2.24) is 5.32 Å². The standard InChI is InChI=1S/C74H77NO10S2/c1-42(76)84-67-33-55-32-60-58-35-69(65(79)28-50(58)26-61-64(78)36-62-59-34-66(80)68(82-2)29-51(59)27-63(67)74(62,70(60)61)53-15-12-46-9-3-4-10-47(46)24-53)83-20-21-86-87-40-45-22-43-16-19-72(17-5-6-18-72)41-75-39-44-8-7-11-48(23-44)57-31-54(77)25-49-13-14-52(30-56(49)57)73(37-43,38-45)71(81)85-55/h3-4,7-11,13-14,23-25,28-31,34-35,43,45,55,60-64,67,70,75,77-80H,5-6,12,15,17-18,20-22,26-27,32-33,36-41H2,1-2H3. The van der Waals surface area contributed by atoms with Gasteiger partial charge in [-0.3, -0.25) is 9.59 Å². The molecular weight excluding hydrogens is 1130 g/mol. The summed E-state index contributed by atoms with van der Waals surface area (Å²) in [5, 5.41) is 53.9. The van der Waals surface area contributed by atoms with E-state index < -0.39 is 35.1 Å². The van der Waals surface area contributed by atoms with Crippen molar-refractivity contribution in [2.24, 2.45) is 40.4 Å². The fourth-order valence-electron chi connectivity index (χ4n) is 18.8. The molecule has 4 fully saturated rings. The normalized spacial score (nSPS) is 31.3. The van der Waals surface area contributed by atoms with E-state index in [1.807, 2.05) is 36.4 Å². The van der Waals surface area contributed by atoms with Crippen LogP contribution >= 0.6 is 21.6 Å². The van der Waals surface area contributed by atoms with Crippen molar-refractivity contribution in [2.45, 2.75) is 139 Å². The van der Waals surface area contributed by atoms with Gasteiger partial charge in [0.2, 0.25) is 0 Å². The second-order valence-corrected chi connectivity index (χ2v) is 29.7. The molecule has 9 aliphatic rings.